The molecule has 0 radical (unpaired) electrons. The molecule has 7 nitrogen and oxygen atoms in total. The van der Waals surface area contributed by atoms with Crippen LogP contribution in [0.3, 0.4) is 0 Å². The molecule has 3 aromatic rings. The minimum absolute atomic E-state index is 0.0942. The van der Waals surface area contributed by atoms with Crippen LogP contribution >= 0.6 is 23.2 Å². The number of aromatic nitrogens is 4. The fourth-order valence-corrected chi connectivity index (χ4v) is 3.64. The predicted octanol–water partition coefficient (Wildman–Crippen LogP) is 3.26. The van der Waals surface area contributed by atoms with Crippen LogP contribution in [0.4, 0.5) is 0 Å². The summed E-state index contributed by atoms with van der Waals surface area (Å²) in [6.07, 6.45) is 1.51. The van der Waals surface area contributed by atoms with Crippen LogP contribution in [0.5, 0.6) is 0 Å². The fraction of sp³-hybridized carbons (Fsp3) is 0.368. The van der Waals surface area contributed by atoms with Gasteiger partial charge in [-0.15, -0.1) is 0 Å². The first-order chi connectivity index (χ1) is 13.2. The van der Waals surface area contributed by atoms with E-state index in [1.807, 2.05) is 32.0 Å². The summed E-state index contributed by atoms with van der Waals surface area (Å²) < 4.78 is 5.83. The highest BCUT2D eigenvalue weighted by Crippen LogP contribution is 2.29. The average Bonchev–Trinajstić information content (AvgIpc) is 3.04. The van der Waals surface area contributed by atoms with Crippen molar-refractivity contribution < 1.29 is 4.52 Å². The van der Waals surface area contributed by atoms with Crippen LogP contribution in [0, 0.1) is 0 Å². The molecule has 0 fully saturated rings. The third kappa shape index (κ3) is 4.54. The molecule has 0 aliphatic heterocycles. The number of H-pyrrole nitrogens is 1. The number of hydrogen-bond donors (Lipinski definition) is 1. The minimum atomic E-state index is -0.577. The average molecular weight is 423 g/mol. The molecule has 3 rings (SSSR count). The smallest absolute Gasteiger partial charge is 0.296 e. The Hall–Kier alpha value is -2.38. The molecule has 0 amide bonds. The van der Waals surface area contributed by atoms with Crippen LogP contribution in [0.15, 0.2) is 32.3 Å². The number of halogens is 2. The Morgan fingerprint density at radius 1 is 1.14 bits per heavy atom. The van der Waals surface area contributed by atoms with Gasteiger partial charge in [-0.2, -0.15) is 5.10 Å². The quantitative estimate of drug-likeness (QED) is 0.657. The Labute approximate surface area is 171 Å². The molecule has 0 aliphatic rings. The molecule has 9 heteroatoms. The highest BCUT2D eigenvalue weighted by atomic mass is 35.5. The first-order valence-electron chi connectivity index (χ1n) is 8.83. The van der Waals surface area contributed by atoms with Gasteiger partial charge in [0.1, 0.15) is 0 Å². The van der Waals surface area contributed by atoms with Crippen LogP contribution in [0.25, 0.3) is 0 Å². The summed E-state index contributed by atoms with van der Waals surface area (Å²) >= 11 is 12.9. The van der Waals surface area contributed by atoms with Crippen molar-refractivity contribution in [2.75, 3.05) is 0 Å². The summed E-state index contributed by atoms with van der Waals surface area (Å²) in [6.45, 7) is 3.94. The lowest BCUT2D eigenvalue weighted by Gasteiger charge is -2.12. The Morgan fingerprint density at radius 3 is 2.39 bits per heavy atom. The first-order valence-corrected chi connectivity index (χ1v) is 9.59. The van der Waals surface area contributed by atoms with Gasteiger partial charge in [-0.05, 0) is 41.7 Å². The van der Waals surface area contributed by atoms with E-state index in [4.69, 9.17) is 23.2 Å². The van der Waals surface area contributed by atoms with Crippen molar-refractivity contribution >= 4 is 23.2 Å². The van der Waals surface area contributed by atoms with Gasteiger partial charge in [0.2, 0.25) is 0 Å². The Kier molecular flexibility index (Phi) is 6.05. The highest BCUT2D eigenvalue weighted by Gasteiger charge is 2.14. The lowest BCUT2D eigenvalue weighted by molar-refractivity contribution is 0.381. The Morgan fingerprint density at radius 2 is 1.82 bits per heavy atom. The molecule has 2 aromatic heterocycles. The molecule has 148 valence electrons. The third-order valence-electron chi connectivity index (χ3n) is 4.46. The van der Waals surface area contributed by atoms with Crippen molar-refractivity contribution in [3.05, 3.63) is 77.4 Å². The van der Waals surface area contributed by atoms with Gasteiger partial charge >= 0.3 is 5.76 Å². The summed E-state index contributed by atoms with van der Waals surface area (Å²) in [4.78, 5) is 25.7. The zero-order valence-electron chi connectivity index (χ0n) is 15.8. The van der Waals surface area contributed by atoms with E-state index in [0.717, 1.165) is 16.8 Å². The second-order valence-corrected chi connectivity index (χ2v) is 7.75. The lowest BCUT2D eigenvalue weighted by Crippen LogP contribution is -2.25. The first kappa shape index (κ1) is 20.4. The van der Waals surface area contributed by atoms with Gasteiger partial charge in [-0.3, -0.25) is 14.3 Å². The molecule has 0 saturated heterocycles. The van der Waals surface area contributed by atoms with Gasteiger partial charge in [0.05, 0.1) is 5.69 Å². The van der Waals surface area contributed by atoms with E-state index in [-0.39, 0.29) is 11.5 Å². The maximum Gasteiger partial charge on any atom is 0.438 e. The molecule has 0 aliphatic carbocycles. The zero-order chi connectivity index (χ0) is 20.4. The van der Waals surface area contributed by atoms with Crippen molar-refractivity contribution in [2.45, 2.75) is 39.0 Å². The van der Waals surface area contributed by atoms with Crippen LogP contribution in [-0.2, 0) is 26.3 Å². The van der Waals surface area contributed by atoms with Crippen LogP contribution in [-0.4, -0.2) is 19.9 Å². The Bertz CT molecular complexity index is 1090. The van der Waals surface area contributed by atoms with Gasteiger partial charge in [0, 0.05) is 35.5 Å². The van der Waals surface area contributed by atoms with E-state index in [1.165, 1.54) is 4.68 Å². The van der Waals surface area contributed by atoms with Gasteiger partial charge in [0.15, 0.2) is 5.82 Å². The predicted molar refractivity (Wildman–Crippen MR) is 107 cm³/mol. The number of nitrogens with one attached hydrogen (secondary N) is 1. The topological polar surface area (TPSA) is 93.8 Å². The van der Waals surface area contributed by atoms with Gasteiger partial charge in [-0.1, -0.05) is 42.2 Å². The third-order valence-corrected chi connectivity index (χ3v) is 5.13. The van der Waals surface area contributed by atoms with E-state index < -0.39 is 5.76 Å². The zero-order valence-corrected chi connectivity index (χ0v) is 17.3. The molecule has 1 N–H and O–H groups in total. The van der Waals surface area contributed by atoms with Gasteiger partial charge < -0.3 is 0 Å². The Balaban J connectivity index is 1.83. The van der Waals surface area contributed by atoms with E-state index in [9.17, 15) is 9.59 Å². The van der Waals surface area contributed by atoms with Gasteiger partial charge in [0.25, 0.3) is 5.56 Å². The minimum Gasteiger partial charge on any atom is -0.296 e. The summed E-state index contributed by atoms with van der Waals surface area (Å²) in [5.41, 5.74) is 3.00. The normalized spacial score (nSPS) is 11.4. The summed E-state index contributed by atoms with van der Waals surface area (Å²) in [5, 5.41) is 9.02. The number of aryl methyl sites for hydroxylation is 3. The van der Waals surface area contributed by atoms with Crippen molar-refractivity contribution in [1.82, 2.24) is 19.9 Å². The second-order valence-electron chi connectivity index (χ2n) is 6.93. The van der Waals surface area contributed by atoms with Gasteiger partial charge in [-0.25, -0.2) is 9.48 Å². The molecule has 0 unspecified atom stereocenters. The molecule has 0 atom stereocenters. The van der Waals surface area contributed by atoms with Crippen LogP contribution in [0.1, 0.15) is 48.0 Å². The summed E-state index contributed by atoms with van der Waals surface area (Å²) in [6, 6.07) is 5.49. The summed E-state index contributed by atoms with van der Waals surface area (Å²) in [5.74, 6) is -0.0133. The summed E-state index contributed by atoms with van der Waals surface area (Å²) in [7, 11) is 1.64. The van der Waals surface area contributed by atoms with E-state index >= 15 is 0 Å². The molecule has 2 heterocycles. The molecule has 0 saturated carbocycles. The molecule has 1 aromatic carbocycles. The second kappa shape index (κ2) is 8.32. The SMILES string of the molecule is CC(C)c1cc(Cc2c(Cl)cc(CCc3noc(=O)[nH]3)cc2Cl)nn(C)c1=O. The molecular formula is C19H20Cl2N4O3. The van der Waals surface area contributed by atoms with E-state index in [1.54, 1.807) is 7.05 Å². The van der Waals surface area contributed by atoms with Crippen molar-refractivity contribution in [3.63, 3.8) is 0 Å². The lowest BCUT2D eigenvalue weighted by atomic mass is 10.0. The molecular weight excluding hydrogens is 403 g/mol. The maximum atomic E-state index is 12.2. The highest BCUT2D eigenvalue weighted by molar-refractivity contribution is 6.36. The van der Waals surface area contributed by atoms with E-state index in [2.05, 4.69) is 19.8 Å². The standard InChI is InChI=1S/C19H20Cl2N4O3/c1-10(2)13-8-12(23-25(3)18(13)26)9-14-15(20)6-11(7-16(14)21)4-5-17-22-19(27)28-24-17/h6-8,10H,4-5,9H2,1-3H3,(H,22,24,27). The van der Waals surface area contributed by atoms with Crippen molar-refractivity contribution in [2.24, 2.45) is 7.05 Å². The molecule has 28 heavy (non-hydrogen) atoms. The molecule has 0 spiro atoms. The number of benzene rings is 1. The molecule has 0 bridgehead atoms. The fourth-order valence-electron chi connectivity index (χ4n) is 2.98. The van der Waals surface area contributed by atoms with Crippen molar-refractivity contribution in [1.29, 1.82) is 0 Å². The van der Waals surface area contributed by atoms with Crippen LogP contribution < -0.4 is 11.3 Å². The van der Waals surface area contributed by atoms with Crippen molar-refractivity contribution in [3.8, 4) is 0 Å². The monoisotopic (exact) mass is 422 g/mol. The van der Waals surface area contributed by atoms with Crippen LogP contribution in [0.2, 0.25) is 10.0 Å². The number of hydrogen-bond acceptors (Lipinski definition) is 5. The van der Waals surface area contributed by atoms with E-state index in [0.29, 0.717) is 40.7 Å². The number of rotatable bonds is 6. The number of nitrogens with zero attached hydrogens (tertiary/aromatic N) is 3. The number of aromatic amines is 1. The maximum absolute atomic E-state index is 12.2. The largest absolute Gasteiger partial charge is 0.438 e.